The zero-order chi connectivity index (χ0) is 14.0. The molecule has 1 aromatic rings. The molecule has 108 valence electrons. The van der Waals surface area contributed by atoms with Gasteiger partial charge in [-0.1, -0.05) is 12.1 Å². The van der Waals surface area contributed by atoms with E-state index >= 15 is 0 Å². The molecule has 0 bridgehead atoms. The van der Waals surface area contributed by atoms with Gasteiger partial charge in [0.15, 0.2) is 0 Å². The van der Waals surface area contributed by atoms with Gasteiger partial charge in [0.05, 0.1) is 0 Å². The average Bonchev–Trinajstić information content (AvgIpc) is 3.07. The topological polar surface area (TPSA) is 41.1 Å². The first-order valence-electron chi connectivity index (χ1n) is 7.44. The lowest BCUT2D eigenvalue weighted by atomic mass is 9.95. The predicted molar refractivity (Wildman–Crippen MR) is 76.0 cm³/mol. The fourth-order valence-corrected chi connectivity index (χ4v) is 3.03. The van der Waals surface area contributed by atoms with Crippen LogP contribution >= 0.6 is 0 Å². The van der Waals surface area contributed by atoms with E-state index in [4.69, 9.17) is 0 Å². The third-order valence-electron chi connectivity index (χ3n) is 4.51. The summed E-state index contributed by atoms with van der Waals surface area (Å²) in [5.74, 6) is -0.0951. The SMILES string of the molecule is O=C(CC1CCCN1)NCC1(c2cccc(F)c2)CC1. The fourth-order valence-electron chi connectivity index (χ4n) is 3.03. The molecule has 1 atom stereocenters. The van der Waals surface area contributed by atoms with Crippen molar-refractivity contribution in [3.05, 3.63) is 35.6 Å². The van der Waals surface area contributed by atoms with Gasteiger partial charge < -0.3 is 10.6 Å². The molecule has 3 rings (SSSR count). The van der Waals surface area contributed by atoms with Crippen LogP contribution in [0, 0.1) is 5.82 Å². The summed E-state index contributed by atoms with van der Waals surface area (Å²) in [6, 6.07) is 7.09. The Labute approximate surface area is 118 Å². The molecule has 2 N–H and O–H groups in total. The maximum absolute atomic E-state index is 13.3. The molecule has 1 saturated carbocycles. The Morgan fingerprint density at radius 2 is 2.30 bits per heavy atom. The highest BCUT2D eigenvalue weighted by molar-refractivity contribution is 5.76. The van der Waals surface area contributed by atoms with Crippen LogP contribution in [0.1, 0.15) is 37.7 Å². The Hall–Kier alpha value is -1.42. The normalized spacial score (nSPS) is 23.6. The minimum Gasteiger partial charge on any atom is -0.355 e. The van der Waals surface area contributed by atoms with Crippen LogP contribution in [0.25, 0.3) is 0 Å². The molecule has 20 heavy (non-hydrogen) atoms. The quantitative estimate of drug-likeness (QED) is 0.865. The van der Waals surface area contributed by atoms with Gasteiger partial charge in [-0.2, -0.15) is 0 Å². The summed E-state index contributed by atoms with van der Waals surface area (Å²) in [4.78, 5) is 11.9. The van der Waals surface area contributed by atoms with Crippen molar-refractivity contribution in [1.82, 2.24) is 10.6 Å². The van der Waals surface area contributed by atoms with E-state index in [-0.39, 0.29) is 17.1 Å². The van der Waals surface area contributed by atoms with Crippen molar-refractivity contribution in [2.75, 3.05) is 13.1 Å². The minimum atomic E-state index is -0.199. The van der Waals surface area contributed by atoms with Crippen LogP contribution in [0.3, 0.4) is 0 Å². The lowest BCUT2D eigenvalue weighted by molar-refractivity contribution is -0.121. The molecule has 1 aromatic carbocycles. The second-order valence-corrected chi connectivity index (χ2v) is 6.06. The number of amides is 1. The van der Waals surface area contributed by atoms with E-state index in [1.165, 1.54) is 6.07 Å². The molecule has 1 saturated heterocycles. The van der Waals surface area contributed by atoms with Gasteiger partial charge >= 0.3 is 0 Å². The molecule has 1 amide bonds. The molecule has 3 nitrogen and oxygen atoms in total. The minimum absolute atomic E-state index is 0.0269. The smallest absolute Gasteiger partial charge is 0.221 e. The number of halogens is 1. The monoisotopic (exact) mass is 276 g/mol. The molecular formula is C16H21FN2O. The number of hydrogen-bond acceptors (Lipinski definition) is 2. The molecule has 1 aliphatic carbocycles. The first-order valence-corrected chi connectivity index (χ1v) is 7.44. The molecule has 2 aliphatic rings. The second kappa shape index (κ2) is 5.52. The highest BCUT2D eigenvalue weighted by Gasteiger charge is 2.44. The zero-order valence-corrected chi connectivity index (χ0v) is 11.6. The number of benzene rings is 1. The van der Waals surface area contributed by atoms with Crippen LogP contribution in [0.5, 0.6) is 0 Å². The fraction of sp³-hybridized carbons (Fsp3) is 0.562. The molecule has 0 aromatic heterocycles. The van der Waals surface area contributed by atoms with Gasteiger partial charge in [0.2, 0.25) is 5.91 Å². The average molecular weight is 276 g/mol. The van der Waals surface area contributed by atoms with E-state index in [1.54, 1.807) is 12.1 Å². The van der Waals surface area contributed by atoms with Gasteiger partial charge in [0.25, 0.3) is 0 Å². The number of carbonyl (C=O) groups is 1. The Bertz CT molecular complexity index is 493. The molecule has 1 aliphatic heterocycles. The summed E-state index contributed by atoms with van der Waals surface area (Å²) in [5, 5.41) is 6.36. The van der Waals surface area contributed by atoms with Gasteiger partial charge in [-0.15, -0.1) is 0 Å². The summed E-state index contributed by atoms with van der Waals surface area (Å²) in [7, 11) is 0. The van der Waals surface area contributed by atoms with Crippen LogP contribution in [0.2, 0.25) is 0 Å². The standard InChI is InChI=1S/C16H21FN2O/c17-13-4-1-3-12(9-13)16(6-7-16)11-19-15(20)10-14-5-2-8-18-14/h1,3-4,9,14,18H,2,5-8,10-11H2,(H,19,20). The maximum Gasteiger partial charge on any atom is 0.221 e. The highest BCUT2D eigenvalue weighted by Crippen LogP contribution is 2.47. The Morgan fingerprint density at radius 3 is 2.95 bits per heavy atom. The lowest BCUT2D eigenvalue weighted by Crippen LogP contribution is -2.36. The van der Waals surface area contributed by atoms with Crippen molar-refractivity contribution < 1.29 is 9.18 Å². The molecule has 4 heteroatoms. The first-order chi connectivity index (χ1) is 9.68. The summed E-state index contributed by atoms with van der Waals surface area (Å²) >= 11 is 0. The number of rotatable bonds is 5. The Balaban J connectivity index is 1.53. The van der Waals surface area contributed by atoms with Crippen molar-refractivity contribution in [2.45, 2.75) is 43.6 Å². The van der Waals surface area contributed by atoms with Gasteiger partial charge in [-0.3, -0.25) is 4.79 Å². The Kier molecular flexibility index (Phi) is 3.74. The van der Waals surface area contributed by atoms with Crippen molar-refractivity contribution >= 4 is 5.91 Å². The highest BCUT2D eigenvalue weighted by atomic mass is 19.1. The summed E-state index contributed by atoms with van der Waals surface area (Å²) in [5.41, 5.74) is 0.984. The number of carbonyl (C=O) groups excluding carboxylic acids is 1. The number of nitrogens with one attached hydrogen (secondary N) is 2. The zero-order valence-electron chi connectivity index (χ0n) is 11.6. The van der Waals surface area contributed by atoms with Crippen molar-refractivity contribution in [3.63, 3.8) is 0 Å². The third kappa shape index (κ3) is 3.01. The molecule has 1 unspecified atom stereocenters. The van der Waals surface area contributed by atoms with E-state index in [1.807, 2.05) is 6.07 Å². The Morgan fingerprint density at radius 1 is 1.45 bits per heavy atom. The van der Waals surface area contributed by atoms with Crippen LogP contribution in [-0.4, -0.2) is 25.0 Å². The van der Waals surface area contributed by atoms with Crippen LogP contribution < -0.4 is 10.6 Å². The van der Waals surface area contributed by atoms with E-state index in [0.29, 0.717) is 19.0 Å². The van der Waals surface area contributed by atoms with Crippen LogP contribution in [0.15, 0.2) is 24.3 Å². The van der Waals surface area contributed by atoms with E-state index in [9.17, 15) is 9.18 Å². The van der Waals surface area contributed by atoms with Gasteiger partial charge in [-0.05, 0) is 49.9 Å². The first kappa shape index (κ1) is 13.6. The van der Waals surface area contributed by atoms with Gasteiger partial charge in [0.1, 0.15) is 5.82 Å². The van der Waals surface area contributed by atoms with Gasteiger partial charge in [-0.25, -0.2) is 4.39 Å². The largest absolute Gasteiger partial charge is 0.355 e. The molecule has 0 spiro atoms. The molecule has 0 radical (unpaired) electrons. The van der Waals surface area contributed by atoms with Crippen LogP contribution in [0.4, 0.5) is 4.39 Å². The lowest BCUT2D eigenvalue weighted by Gasteiger charge is -2.18. The van der Waals surface area contributed by atoms with E-state index in [0.717, 1.165) is 37.8 Å². The van der Waals surface area contributed by atoms with Crippen molar-refractivity contribution in [3.8, 4) is 0 Å². The molecule has 2 fully saturated rings. The second-order valence-electron chi connectivity index (χ2n) is 6.06. The van der Waals surface area contributed by atoms with Crippen molar-refractivity contribution in [1.29, 1.82) is 0 Å². The van der Waals surface area contributed by atoms with Crippen LogP contribution in [-0.2, 0) is 10.2 Å². The predicted octanol–water partition coefficient (Wildman–Crippen LogP) is 2.12. The third-order valence-corrected chi connectivity index (χ3v) is 4.51. The maximum atomic E-state index is 13.3. The molecular weight excluding hydrogens is 255 g/mol. The van der Waals surface area contributed by atoms with E-state index in [2.05, 4.69) is 10.6 Å². The summed E-state index contributed by atoms with van der Waals surface area (Å²) in [6.45, 7) is 1.65. The number of hydrogen-bond donors (Lipinski definition) is 2. The molecule has 1 heterocycles. The van der Waals surface area contributed by atoms with Crippen molar-refractivity contribution in [2.24, 2.45) is 0 Å². The summed E-state index contributed by atoms with van der Waals surface area (Å²) < 4.78 is 13.3. The van der Waals surface area contributed by atoms with Gasteiger partial charge in [0, 0.05) is 24.4 Å². The summed E-state index contributed by atoms with van der Waals surface area (Å²) in [6.07, 6.45) is 4.85. The van der Waals surface area contributed by atoms with E-state index < -0.39 is 0 Å².